The molecule has 0 fully saturated rings. The molecule has 0 saturated heterocycles. The Kier molecular flexibility index (Phi) is 2.93. The van der Waals surface area contributed by atoms with Crippen LogP contribution in [-0.4, -0.2) is 15.9 Å². The van der Waals surface area contributed by atoms with Crippen LogP contribution < -0.4 is 0 Å². The zero-order chi connectivity index (χ0) is 5.91. The van der Waals surface area contributed by atoms with E-state index in [0.29, 0.717) is 8.88 Å². The van der Waals surface area contributed by atoms with E-state index < -0.39 is 9.05 Å². The van der Waals surface area contributed by atoms with Gasteiger partial charge in [0.05, 0.1) is 7.11 Å². The lowest BCUT2D eigenvalue weighted by molar-refractivity contribution is 0.376. The monoisotopic (exact) mass is 160 g/mol. The van der Waals surface area contributed by atoms with Gasteiger partial charge >= 0.3 is 0 Å². The lowest BCUT2D eigenvalue weighted by Gasteiger charge is -1.88. The van der Waals surface area contributed by atoms with Crippen LogP contribution in [0.1, 0.15) is 0 Å². The van der Waals surface area contributed by atoms with E-state index in [1.54, 1.807) is 0 Å². The Bertz CT molecular complexity index is 171. The van der Waals surface area contributed by atoms with Crippen LogP contribution in [0.2, 0.25) is 0 Å². The van der Waals surface area contributed by atoms with Crippen LogP contribution in [0.5, 0.6) is 0 Å². The second-order valence-corrected chi connectivity index (χ2v) is 4.88. The molecular formula is CH4O3S3. The van der Waals surface area contributed by atoms with Crippen LogP contribution in [-0.2, 0) is 33.3 Å². The van der Waals surface area contributed by atoms with Gasteiger partial charge in [0.25, 0.3) is 9.05 Å². The molecule has 1 unspecified atom stereocenters. The summed E-state index contributed by atoms with van der Waals surface area (Å²) in [6.07, 6.45) is 0. The van der Waals surface area contributed by atoms with E-state index in [1.807, 2.05) is 0 Å². The van der Waals surface area contributed by atoms with Crippen molar-refractivity contribution in [3.8, 4) is 0 Å². The molecule has 0 bridgehead atoms. The molecule has 0 spiro atoms. The molecular weight excluding hydrogens is 156 g/mol. The van der Waals surface area contributed by atoms with Gasteiger partial charge in [-0.2, -0.15) is 4.21 Å². The highest BCUT2D eigenvalue weighted by Crippen LogP contribution is 1.79. The maximum Gasteiger partial charge on any atom is 0.266 e. The van der Waals surface area contributed by atoms with Crippen LogP contribution in [0.15, 0.2) is 0 Å². The molecule has 0 saturated carbocycles. The van der Waals surface area contributed by atoms with Crippen molar-refractivity contribution in [2.45, 2.75) is 0 Å². The topological polar surface area (TPSA) is 46.5 Å². The Balaban J connectivity index is 4.52. The fourth-order valence-corrected chi connectivity index (χ4v) is 0.750. The van der Waals surface area contributed by atoms with Crippen molar-refractivity contribution in [1.82, 2.24) is 0 Å². The van der Waals surface area contributed by atoms with E-state index in [9.17, 15) is 4.21 Å². The highest BCUT2D eigenvalue weighted by Gasteiger charge is 1.90. The van der Waals surface area contributed by atoms with E-state index in [-0.39, 0.29) is 0 Å². The first-order valence-electron chi connectivity index (χ1n) is 1.26. The molecule has 0 heterocycles. The molecule has 1 N–H and O–H groups in total. The molecule has 0 aromatic rings. The standard InChI is InChI=1S/CH4O3S3/c1-4-7(2,3)6-5/h1H3,(H,2,3). The molecule has 0 rings (SSSR count). The van der Waals surface area contributed by atoms with Gasteiger partial charge in [-0.05, 0) is 0 Å². The third-order valence-electron chi connectivity index (χ3n) is 0.297. The zero-order valence-corrected chi connectivity index (χ0v) is 5.94. The highest BCUT2D eigenvalue weighted by molar-refractivity contribution is 8.47. The first-order valence-corrected chi connectivity index (χ1v) is 4.96. The molecule has 7 heavy (non-hydrogen) atoms. The van der Waals surface area contributed by atoms with Crippen molar-refractivity contribution < 1.29 is 12.9 Å². The smallest absolute Gasteiger partial charge is 0.266 e. The maximum absolute atomic E-state index is 10.1. The van der Waals surface area contributed by atoms with Gasteiger partial charge in [-0.1, -0.05) is 0 Å². The Morgan fingerprint density at radius 3 is 2.43 bits per heavy atom. The van der Waals surface area contributed by atoms with Gasteiger partial charge in [0.15, 0.2) is 0 Å². The summed E-state index contributed by atoms with van der Waals surface area (Å²) in [4.78, 5) is 0. The minimum absolute atomic E-state index is 0.372. The predicted octanol–water partition coefficient (Wildman–Crippen LogP) is -0.235. The Morgan fingerprint density at radius 1 is 2.00 bits per heavy atom. The van der Waals surface area contributed by atoms with Crippen LogP contribution in [0.3, 0.4) is 0 Å². The van der Waals surface area contributed by atoms with Crippen molar-refractivity contribution in [2.75, 3.05) is 7.11 Å². The van der Waals surface area contributed by atoms with Crippen LogP contribution in [0.25, 0.3) is 0 Å². The SMILES string of the molecule is COS(=O)(O)=S=S. The van der Waals surface area contributed by atoms with Gasteiger partial charge < -0.3 is 0 Å². The quantitative estimate of drug-likeness (QED) is 0.575. The summed E-state index contributed by atoms with van der Waals surface area (Å²) >= 11 is 4.15. The van der Waals surface area contributed by atoms with Crippen molar-refractivity contribution in [3.05, 3.63) is 0 Å². The predicted molar refractivity (Wildman–Crippen MR) is 32.5 cm³/mol. The first kappa shape index (κ1) is 7.51. The maximum atomic E-state index is 10.1. The van der Waals surface area contributed by atoms with Gasteiger partial charge in [-0.25, -0.2) is 0 Å². The molecule has 3 nitrogen and oxygen atoms in total. The summed E-state index contributed by atoms with van der Waals surface area (Å²) in [6.45, 7) is 0. The third-order valence-corrected chi connectivity index (χ3v) is 3.36. The summed E-state index contributed by atoms with van der Waals surface area (Å²) in [5, 5.41) is 0. The minimum Gasteiger partial charge on any atom is -0.285 e. The summed E-state index contributed by atoms with van der Waals surface area (Å²) in [5.74, 6) is 0. The second kappa shape index (κ2) is 2.73. The average Bonchev–Trinajstić information content (AvgIpc) is 1.68. The molecule has 1 atom stereocenters. The van der Waals surface area contributed by atoms with Gasteiger partial charge in [-0.15, -0.1) is 0 Å². The molecule has 0 amide bonds. The van der Waals surface area contributed by atoms with Gasteiger partial charge in [0.1, 0.15) is 0 Å². The molecule has 0 aliphatic rings. The van der Waals surface area contributed by atoms with Gasteiger partial charge in [0.2, 0.25) is 0 Å². The molecule has 0 radical (unpaired) electrons. The fraction of sp³-hybridized carbons (Fsp3) is 1.00. The van der Waals surface area contributed by atoms with Gasteiger partial charge in [-0.3, -0.25) is 8.74 Å². The van der Waals surface area contributed by atoms with Crippen molar-refractivity contribution in [2.24, 2.45) is 0 Å². The Morgan fingerprint density at radius 2 is 2.43 bits per heavy atom. The Labute approximate surface area is 49.6 Å². The van der Waals surface area contributed by atoms with E-state index in [2.05, 4.69) is 15.4 Å². The summed E-state index contributed by atoms with van der Waals surface area (Å²) < 4.78 is 22.4. The molecule has 0 aromatic carbocycles. The van der Waals surface area contributed by atoms with Crippen LogP contribution in [0, 0.1) is 0 Å². The Hall–Kier alpha value is 0.510. The zero-order valence-electron chi connectivity index (χ0n) is 3.49. The summed E-state index contributed by atoms with van der Waals surface area (Å²) in [5.41, 5.74) is 0. The van der Waals surface area contributed by atoms with E-state index >= 15 is 0 Å². The number of rotatable bonds is 1. The molecule has 0 aromatic heterocycles. The van der Waals surface area contributed by atoms with Gasteiger partial charge in [0, 0.05) is 20.1 Å². The van der Waals surface area contributed by atoms with Crippen molar-refractivity contribution >= 4 is 29.1 Å². The molecule has 6 heteroatoms. The fourth-order valence-electron chi connectivity index (χ4n) is 0.0278. The van der Waals surface area contributed by atoms with Crippen LogP contribution in [0.4, 0.5) is 0 Å². The largest absolute Gasteiger partial charge is 0.285 e. The third kappa shape index (κ3) is 3.12. The number of hydrogen-bond donors (Lipinski definition) is 1. The lowest BCUT2D eigenvalue weighted by Crippen LogP contribution is -1.96. The summed E-state index contributed by atoms with van der Waals surface area (Å²) in [7, 11) is -1.68. The van der Waals surface area contributed by atoms with Crippen molar-refractivity contribution in [1.29, 1.82) is 0 Å². The highest BCUT2D eigenvalue weighted by atomic mass is 33.1. The lowest BCUT2D eigenvalue weighted by atomic mass is 11.8. The normalized spacial score (nSPS) is 18.0. The van der Waals surface area contributed by atoms with Crippen LogP contribution >= 0.6 is 0 Å². The van der Waals surface area contributed by atoms with E-state index in [0.717, 1.165) is 7.11 Å². The average molecular weight is 160 g/mol. The van der Waals surface area contributed by atoms with E-state index in [1.165, 1.54) is 0 Å². The molecule has 0 aliphatic heterocycles. The van der Waals surface area contributed by atoms with Crippen molar-refractivity contribution in [3.63, 3.8) is 0 Å². The summed E-state index contributed by atoms with van der Waals surface area (Å²) in [6, 6.07) is 0. The minimum atomic E-state index is -3.18. The first-order chi connectivity index (χ1) is 3.12. The molecule has 44 valence electrons. The van der Waals surface area contributed by atoms with E-state index in [4.69, 9.17) is 4.55 Å². The second-order valence-electron chi connectivity index (χ2n) is 0.662. The number of hydrogen-bond acceptors (Lipinski definition) is 3. The molecule has 0 aliphatic carbocycles.